The van der Waals surface area contributed by atoms with Crippen LogP contribution in [-0.2, 0) is 0 Å². The van der Waals surface area contributed by atoms with Crippen LogP contribution in [-0.4, -0.2) is 12.5 Å². The fourth-order valence-corrected chi connectivity index (χ4v) is 2.02. The Morgan fingerprint density at radius 3 is 2.67 bits per heavy atom. The van der Waals surface area contributed by atoms with Crippen molar-refractivity contribution in [1.29, 1.82) is 0 Å². The summed E-state index contributed by atoms with van der Waals surface area (Å²) < 4.78 is 5.35. The number of hydrogen-bond acceptors (Lipinski definition) is 3. The van der Waals surface area contributed by atoms with Crippen molar-refractivity contribution in [2.75, 3.05) is 17.7 Å². The highest BCUT2D eigenvalue weighted by molar-refractivity contribution is 6.31. The average Bonchev–Trinajstić information content (AvgIpc) is 2.45. The lowest BCUT2D eigenvalue weighted by Crippen LogP contribution is -2.13. The molecule has 3 N–H and O–H groups in total. The van der Waals surface area contributed by atoms with E-state index >= 15 is 0 Å². The number of nitrogens with one attached hydrogen (secondary N) is 1. The van der Waals surface area contributed by atoms with Gasteiger partial charge in [-0.1, -0.05) is 17.7 Å². The van der Waals surface area contributed by atoms with Crippen LogP contribution in [0.1, 0.15) is 22.8 Å². The number of carbonyl (C=O) groups excluding carboxylic acids is 1. The van der Waals surface area contributed by atoms with Crippen LogP contribution in [0, 0.1) is 6.92 Å². The molecule has 0 aromatic heterocycles. The molecule has 4 nitrogen and oxygen atoms in total. The summed E-state index contributed by atoms with van der Waals surface area (Å²) in [5, 5.41) is 3.32. The first-order chi connectivity index (χ1) is 10.0. The number of carbonyl (C=O) groups is 1. The Bertz CT molecular complexity index is 671. The van der Waals surface area contributed by atoms with E-state index in [1.165, 1.54) is 0 Å². The number of amides is 1. The van der Waals surface area contributed by atoms with Gasteiger partial charge in [-0.15, -0.1) is 0 Å². The first-order valence-electron chi connectivity index (χ1n) is 6.61. The lowest BCUT2D eigenvalue weighted by Gasteiger charge is -2.11. The lowest BCUT2D eigenvalue weighted by molar-refractivity contribution is 0.102. The van der Waals surface area contributed by atoms with Crippen molar-refractivity contribution in [2.45, 2.75) is 13.8 Å². The average molecular weight is 305 g/mol. The van der Waals surface area contributed by atoms with Crippen LogP contribution in [0.15, 0.2) is 36.4 Å². The van der Waals surface area contributed by atoms with Crippen molar-refractivity contribution in [1.82, 2.24) is 0 Å². The Balaban J connectivity index is 2.17. The second-order valence-corrected chi connectivity index (χ2v) is 5.01. The summed E-state index contributed by atoms with van der Waals surface area (Å²) >= 11 is 6.03. The van der Waals surface area contributed by atoms with Gasteiger partial charge in [0.05, 0.1) is 18.0 Å². The molecule has 2 aromatic rings. The molecule has 110 valence electrons. The number of halogens is 1. The SMILES string of the molecule is CCOc1ccc(NC(=O)c2ccc(C)c(Cl)c2)c(N)c1. The molecule has 21 heavy (non-hydrogen) atoms. The lowest BCUT2D eigenvalue weighted by atomic mass is 10.1. The molecule has 0 saturated heterocycles. The van der Waals surface area contributed by atoms with E-state index in [2.05, 4.69) is 5.32 Å². The van der Waals surface area contributed by atoms with Crippen molar-refractivity contribution in [3.8, 4) is 5.75 Å². The van der Waals surface area contributed by atoms with Crippen LogP contribution < -0.4 is 15.8 Å². The maximum absolute atomic E-state index is 12.2. The van der Waals surface area contributed by atoms with E-state index in [1.807, 2.05) is 13.8 Å². The molecule has 5 heteroatoms. The summed E-state index contributed by atoms with van der Waals surface area (Å²) in [6, 6.07) is 10.3. The van der Waals surface area contributed by atoms with E-state index < -0.39 is 0 Å². The van der Waals surface area contributed by atoms with Crippen LogP contribution >= 0.6 is 11.6 Å². The maximum Gasteiger partial charge on any atom is 0.255 e. The Labute approximate surface area is 128 Å². The summed E-state index contributed by atoms with van der Waals surface area (Å²) in [6.45, 7) is 4.34. The first kappa shape index (κ1) is 15.2. The third kappa shape index (κ3) is 3.67. The van der Waals surface area contributed by atoms with Gasteiger partial charge in [0.15, 0.2) is 0 Å². The highest BCUT2D eigenvalue weighted by Crippen LogP contribution is 2.25. The van der Waals surface area contributed by atoms with E-state index in [0.717, 1.165) is 5.56 Å². The van der Waals surface area contributed by atoms with E-state index in [0.29, 0.717) is 34.3 Å². The predicted molar refractivity (Wildman–Crippen MR) is 86.2 cm³/mol. The van der Waals surface area contributed by atoms with E-state index in [9.17, 15) is 4.79 Å². The van der Waals surface area contributed by atoms with Gasteiger partial charge in [0.1, 0.15) is 5.75 Å². The molecule has 0 heterocycles. The topological polar surface area (TPSA) is 64.3 Å². The van der Waals surface area contributed by atoms with Crippen LogP contribution in [0.3, 0.4) is 0 Å². The molecule has 0 saturated carbocycles. The van der Waals surface area contributed by atoms with Crippen LogP contribution in [0.4, 0.5) is 11.4 Å². The number of nitrogens with two attached hydrogens (primary N) is 1. The van der Waals surface area contributed by atoms with Crippen molar-refractivity contribution in [3.63, 3.8) is 0 Å². The third-order valence-electron chi connectivity index (χ3n) is 3.02. The number of hydrogen-bond donors (Lipinski definition) is 2. The van der Waals surface area contributed by atoms with Gasteiger partial charge in [0.2, 0.25) is 0 Å². The standard InChI is InChI=1S/C16H17ClN2O2/c1-3-21-12-6-7-15(14(18)9-12)19-16(20)11-5-4-10(2)13(17)8-11/h4-9H,3,18H2,1-2H3,(H,19,20). The summed E-state index contributed by atoms with van der Waals surface area (Å²) in [5.74, 6) is 0.416. The Kier molecular flexibility index (Phi) is 4.70. The number of aryl methyl sites for hydroxylation is 1. The molecule has 0 unspecified atom stereocenters. The van der Waals surface area contributed by atoms with Crippen molar-refractivity contribution >= 4 is 28.9 Å². The van der Waals surface area contributed by atoms with E-state index in [1.54, 1.807) is 36.4 Å². The number of rotatable bonds is 4. The Hall–Kier alpha value is -2.20. The molecule has 2 rings (SSSR count). The normalized spacial score (nSPS) is 10.2. The molecule has 1 amide bonds. The van der Waals surface area contributed by atoms with Crippen LogP contribution in [0.5, 0.6) is 5.75 Å². The van der Waals surface area contributed by atoms with Gasteiger partial charge in [0.25, 0.3) is 5.91 Å². The quantitative estimate of drug-likeness (QED) is 0.842. The zero-order chi connectivity index (χ0) is 15.4. The van der Waals surface area contributed by atoms with Gasteiger partial charge >= 0.3 is 0 Å². The van der Waals surface area contributed by atoms with E-state index in [-0.39, 0.29) is 5.91 Å². The largest absolute Gasteiger partial charge is 0.494 e. The molecule has 0 spiro atoms. The molecular weight excluding hydrogens is 288 g/mol. The minimum atomic E-state index is -0.257. The number of anilines is 2. The molecule has 0 radical (unpaired) electrons. The van der Waals surface area contributed by atoms with Crippen molar-refractivity contribution in [2.24, 2.45) is 0 Å². The summed E-state index contributed by atoms with van der Waals surface area (Å²) in [7, 11) is 0. The van der Waals surface area contributed by atoms with Gasteiger partial charge in [-0.25, -0.2) is 0 Å². The van der Waals surface area contributed by atoms with E-state index in [4.69, 9.17) is 22.1 Å². The molecule has 0 fully saturated rings. The molecule has 0 aliphatic heterocycles. The maximum atomic E-state index is 12.2. The molecular formula is C16H17ClN2O2. The second kappa shape index (κ2) is 6.50. The third-order valence-corrected chi connectivity index (χ3v) is 3.42. The molecule has 0 aliphatic carbocycles. The molecule has 0 bridgehead atoms. The highest BCUT2D eigenvalue weighted by atomic mass is 35.5. The Morgan fingerprint density at radius 1 is 1.29 bits per heavy atom. The van der Waals surface area contributed by atoms with Crippen molar-refractivity contribution in [3.05, 3.63) is 52.5 Å². The zero-order valence-corrected chi connectivity index (χ0v) is 12.7. The number of benzene rings is 2. The fourth-order valence-electron chi connectivity index (χ4n) is 1.84. The molecule has 0 aliphatic rings. The minimum Gasteiger partial charge on any atom is -0.494 e. The van der Waals surface area contributed by atoms with Gasteiger partial charge < -0.3 is 15.8 Å². The van der Waals surface area contributed by atoms with Gasteiger partial charge in [0, 0.05) is 16.7 Å². The van der Waals surface area contributed by atoms with Gasteiger partial charge in [-0.05, 0) is 43.7 Å². The highest BCUT2D eigenvalue weighted by Gasteiger charge is 2.10. The predicted octanol–water partition coefficient (Wildman–Crippen LogP) is 3.88. The Morgan fingerprint density at radius 2 is 2.05 bits per heavy atom. The monoisotopic (exact) mass is 304 g/mol. The number of nitrogen functional groups attached to an aromatic ring is 1. The zero-order valence-electron chi connectivity index (χ0n) is 11.9. The second-order valence-electron chi connectivity index (χ2n) is 4.60. The summed E-state index contributed by atoms with van der Waals surface area (Å²) in [4.78, 5) is 12.2. The summed E-state index contributed by atoms with van der Waals surface area (Å²) in [6.07, 6.45) is 0. The van der Waals surface area contributed by atoms with Crippen LogP contribution in [0.2, 0.25) is 5.02 Å². The van der Waals surface area contributed by atoms with Crippen molar-refractivity contribution < 1.29 is 9.53 Å². The smallest absolute Gasteiger partial charge is 0.255 e. The fraction of sp³-hybridized carbons (Fsp3) is 0.188. The summed E-state index contributed by atoms with van der Waals surface area (Å²) in [5.41, 5.74) is 8.31. The first-order valence-corrected chi connectivity index (χ1v) is 6.99. The minimum absolute atomic E-state index is 0.257. The van der Waals surface area contributed by atoms with Gasteiger partial charge in [-0.2, -0.15) is 0 Å². The molecule has 2 aromatic carbocycles. The number of ether oxygens (including phenoxy) is 1. The van der Waals surface area contributed by atoms with Gasteiger partial charge in [-0.3, -0.25) is 4.79 Å². The molecule has 0 atom stereocenters. The van der Waals surface area contributed by atoms with Crippen LogP contribution in [0.25, 0.3) is 0 Å².